The number of anilines is 1. The molecule has 152 valence electrons. The minimum Gasteiger partial charge on any atom is -0.482 e. The number of nitrogens with zero attached hydrogens (tertiary/aromatic N) is 1. The van der Waals surface area contributed by atoms with Crippen molar-refractivity contribution in [3.05, 3.63) is 70.1 Å². The van der Waals surface area contributed by atoms with Crippen LogP contribution in [0.5, 0.6) is 5.75 Å². The predicted molar refractivity (Wildman–Crippen MR) is 115 cm³/mol. The van der Waals surface area contributed by atoms with Gasteiger partial charge in [0.2, 0.25) is 7.37 Å². The van der Waals surface area contributed by atoms with Crippen LogP contribution in [0.15, 0.2) is 48.7 Å². The standard InChI is InChI=1S/C20H18Cl2FN2O3P/c1-11(18-15(21)7-8-16(23)19(18)22)28-17-9-13(10-25-20(17)24)12-3-5-14(6-4-12)29(2,26)27/h3-11H,1-2H3,(H2,24,25)(H,26,27)/t11-/m1/s1. The summed E-state index contributed by atoms with van der Waals surface area (Å²) >= 11 is 12.2. The van der Waals surface area contributed by atoms with Crippen molar-refractivity contribution < 1.29 is 18.6 Å². The molecule has 3 aromatic rings. The van der Waals surface area contributed by atoms with Gasteiger partial charge in [0.05, 0.1) is 5.02 Å². The molecule has 1 heterocycles. The van der Waals surface area contributed by atoms with Crippen molar-refractivity contribution in [2.24, 2.45) is 0 Å². The zero-order valence-corrected chi connectivity index (χ0v) is 18.0. The summed E-state index contributed by atoms with van der Waals surface area (Å²) in [7, 11) is -3.33. The third kappa shape index (κ3) is 4.73. The highest BCUT2D eigenvalue weighted by Gasteiger charge is 2.20. The maximum atomic E-state index is 13.8. The smallest absolute Gasteiger partial charge is 0.226 e. The van der Waals surface area contributed by atoms with Gasteiger partial charge in [-0.25, -0.2) is 9.37 Å². The molecular weight excluding hydrogens is 437 g/mol. The van der Waals surface area contributed by atoms with Crippen molar-refractivity contribution in [3.63, 3.8) is 0 Å². The normalized spacial score (nSPS) is 14.3. The summed E-state index contributed by atoms with van der Waals surface area (Å²) in [5.41, 5.74) is 7.69. The topological polar surface area (TPSA) is 85.4 Å². The molecule has 0 saturated carbocycles. The van der Waals surface area contributed by atoms with Crippen molar-refractivity contribution in [3.8, 4) is 16.9 Å². The number of hydrogen-bond acceptors (Lipinski definition) is 4. The van der Waals surface area contributed by atoms with Gasteiger partial charge in [-0.05, 0) is 42.8 Å². The van der Waals surface area contributed by atoms with E-state index in [2.05, 4.69) is 4.98 Å². The van der Waals surface area contributed by atoms with E-state index in [0.29, 0.717) is 16.4 Å². The monoisotopic (exact) mass is 454 g/mol. The lowest BCUT2D eigenvalue weighted by atomic mass is 10.1. The summed E-state index contributed by atoms with van der Waals surface area (Å²) in [6.07, 6.45) is 0.877. The summed E-state index contributed by atoms with van der Waals surface area (Å²) < 4.78 is 31.5. The van der Waals surface area contributed by atoms with Crippen LogP contribution in [-0.4, -0.2) is 16.5 Å². The Kier molecular flexibility index (Phi) is 6.20. The molecule has 29 heavy (non-hydrogen) atoms. The van der Waals surface area contributed by atoms with E-state index in [0.717, 1.165) is 5.56 Å². The Balaban J connectivity index is 1.92. The lowest BCUT2D eigenvalue weighted by Crippen LogP contribution is -2.08. The first-order valence-electron chi connectivity index (χ1n) is 8.54. The first-order chi connectivity index (χ1) is 13.6. The third-order valence-electron chi connectivity index (χ3n) is 4.35. The van der Waals surface area contributed by atoms with Gasteiger partial charge >= 0.3 is 0 Å². The summed E-state index contributed by atoms with van der Waals surface area (Å²) in [5, 5.41) is 0.511. The Morgan fingerprint density at radius 2 is 1.83 bits per heavy atom. The van der Waals surface area contributed by atoms with Crippen molar-refractivity contribution in [1.29, 1.82) is 0 Å². The largest absolute Gasteiger partial charge is 0.482 e. The minimum absolute atomic E-state index is 0.115. The molecule has 0 amide bonds. The molecule has 1 aromatic heterocycles. The Labute approximate surface area is 177 Å². The van der Waals surface area contributed by atoms with Crippen LogP contribution in [0.1, 0.15) is 18.6 Å². The summed E-state index contributed by atoms with van der Waals surface area (Å²) in [4.78, 5) is 13.8. The van der Waals surface area contributed by atoms with Gasteiger partial charge in [-0.3, -0.25) is 4.57 Å². The van der Waals surface area contributed by atoms with Crippen molar-refractivity contribution in [2.75, 3.05) is 12.4 Å². The number of halogens is 3. The van der Waals surface area contributed by atoms with Gasteiger partial charge in [-0.15, -0.1) is 0 Å². The van der Waals surface area contributed by atoms with E-state index >= 15 is 0 Å². The number of benzene rings is 2. The number of rotatable bonds is 5. The molecule has 0 aliphatic rings. The van der Waals surface area contributed by atoms with E-state index in [1.54, 1.807) is 43.5 Å². The molecule has 0 spiro atoms. The second kappa shape index (κ2) is 8.33. The second-order valence-corrected chi connectivity index (χ2v) is 9.61. The number of aromatic nitrogens is 1. The van der Waals surface area contributed by atoms with E-state index in [-0.39, 0.29) is 21.6 Å². The van der Waals surface area contributed by atoms with Gasteiger partial charge in [-0.2, -0.15) is 0 Å². The van der Waals surface area contributed by atoms with Crippen LogP contribution in [0.3, 0.4) is 0 Å². The lowest BCUT2D eigenvalue weighted by molar-refractivity contribution is 0.227. The van der Waals surface area contributed by atoms with Crippen molar-refractivity contribution in [1.82, 2.24) is 4.98 Å². The summed E-state index contributed by atoms with van der Waals surface area (Å²) in [6, 6.07) is 10.9. The molecule has 1 unspecified atom stereocenters. The van der Waals surface area contributed by atoms with Gasteiger partial charge in [0, 0.05) is 34.3 Å². The molecule has 3 rings (SSSR count). The van der Waals surface area contributed by atoms with E-state index in [1.165, 1.54) is 18.8 Å². The summed E-state index contributed by atoms with van der Waals surface area (Å²) in [5.74, 6) is -0.174. The van der Waals surface area contributed by atoms with Gasteiger partial charge in [0.15, 0.2) is 11.6 Å². The van der Waals surface area contributed by atoms with E-state index in [4.69, 9.17) is 33.7 Å². The predicted octanol–water partition coefficient (Wildman–Crippen LogP) is 5.44. The Bertz CT molecular complexity index is 1100. The van der Waals surface area contributed by atoms with Gasteiger partial charge < -0.3 is 15.4 Å². The van der Waals surface area contributed by atoms with Crippen LogP contribution in [0.4, 0.5) is 10.2 Å². The number of ether oxygens (including phenoxy) is 1. The van der Waals surface area contributed by atoms with Gasteiger partial charge in [0.25, 0.3) is 0 Å². The molecule has 0 saturated heterocycles. The Morgan fingerprint density at radius 1 is 1.17 bits per heavy atom. The molecule has 9 heteroatoms. The van der Waals surface area contributed by atoms with Gasteiger partial charge in [-0.1, -0.05) is 35.3 Å². The average molecular weight is 455 g/mol. The van der Waals surface area contributed by atoms with Crippen LogP contribution in [0.2, 0.25) is 10.0 Å². The zero-order chi connectivity index (χ0) is 21.3. The highest BCUT2D eigenvalue weighted by atomic mass is 35.5. The van der Waals surface area contributed by atoms with E-state index in [9.17, 15) is 13.8 Å². The molecule has 3 N–H and O–H groups in total. The fraction of sp³-hybridized carbons (Fsp3) is 0.150. The van der Waals surface area contributed by atoms with Crippen molar-refractivity contribution >= 4 is 41.7 Å². The molecule has 0 aliphatic carbocycles. The van der Waals surface area contributed by atoms with Crippen LogP contribution >= 0.6 is 30.6 Å². The van der Waals surface area contributed by atoms with Crippen LogP contribution in [0, 0.1) is 5.82 Å². The fourth-order valence-electron chi connectivity index (χ4n) is 2.80. The maximum absolute atomic E-state index is 13.8. The highest BCUT2D eigenvalue weighted by Crippen LogP contribution is 2.37. The van der Waals surface area contributed by atoms with Crippen LogP contribution in [-0.2, 0) is 4.57 Å². The Morgan fingerprint density at radius 3 is 2.45 bits per heavy atom. The molecule has 2 atom stereocenters. The average Bonchev–Trinajstić information content (AvgIpc) is 2.66. The van der Waals surface area contributed by atoms with E-state index in [1.807, 2.05) is 0 Å². The highest BCUT2D eigenvalue weighted by molar-refractivity contribution is 7.65. The van der Waals surface area contributed by atoms with Crippen LogP contribution < -0.4 is 15.8 Å². The number of nitrogen functional groups attached to an aromatic ring is 1. The third-order valence-corrected chi connectivity index (χ3v) is 6.32. The number of hydrogen-bond donors (Lipinski definition) is 2. The molecule has 5 nitrogen and oxygen atoms in total. The molecule has 0 aliphatic heterocycles. The second-order valence-electron chi connectivity index (χ2n) is 6.55. The molecule has 2 aromatic carbocycles. The minimum atomic E-state index is -3.33. The molecule has 0 fully saturated rings. The van der Waals surface area contributed by atoms with Crippen LogP contribution in [0.25, 0.3) is 11.1 Å². The Hall–Kier alpha value is -2.11. The molecule has 0 radical (unpaired) electrons. The maximum Gasteiger partial charge on any atom is 0.226 e. The first kappa shape index (κ1) is 21.6. The van der Waals surface area contributed by atoms with E-state index < -0.39 is 19.3 Å². The first-order valence-corrected chi connectivity index (χ1v) is 11.4. The zero-order valence-electron chi connectivity index (χ0n) is 15.6. The lowest BCUT2D eigenvalue weighted by Gasteiger charge is -2.19. The van der Waals surface area contributed by atoms with Gasteiger partial charge in [0.1, 0.15) is 11.9 Å². The SMILES string of the molecule is C[C@@H](Oc1cc(-c2ccc(P(C)(=O)O)cc2)cnc1N)c1c(Cl)ccc(F)c1Cl. The quantitative estimate of drug-likeness (QED) is 0.395. The molecular formula is C20H18Cl2FN2O3P. The summed E-state index contributed by atoms with van der Waals surface area (Å²) in [6.45, 7) is 2.95. The van der Waals surface area contributed by atoms with Crippen molar-refractivity contribution in [2.45, 2.75) is 13.0 Å². The fourth-order valence-corrected chi connectivity index (χ4v) is 4.18. The number of pyridine rings is 1. The number of nitrogens with two attached hydrogens (primary N) is 1. The molecule has 0 bridgehead atoms.